The lowest BCUT2D eigenvalue weighted by Crippen LogP contribution is -2.46. The summed E-state index contributed by atoms with van der Waals surface area (Å²) in [5.41, 5.74) is 5.31. The Hall–Kier alpha value is -1.95. The maximum absolute atomic E-state index is 12.0. The summed E-state index contributed by atoms with van der Waals surface area (Å²) in [5, 5.41) is 15.0. The van der Waals surface area contributed by atoms with Gasteiger partial charge in [0.1, 0.15) is 11.6 Å². The number of carbonyl (C=O) groups is 2. The predicted molar refractivity (Wildman–Crippen MR) is 82.5 cm³/mol. The number of piperazine rings is 1. The number of amides is 2. The van der Waals surface area contributed by atoms with Gasteiger partial charge < -0.3 is 21.3 Å². The largest absolute Gasteiger partial charge is 0.350 e. The van der Waals surface area contributed by atoms with Crippen LogP contribution in [0.3, 0.4) is 0 Å². The highest BCUT2D eigenvalue weighted by molar-refractivity contribution is 5.97. The molecule has 2 amide bonds. The molecule has 0 unspecified atom stereocenters. The summed E-state index contributed by atoms with van der Waals surface area (Å²) in [7, 11) is 0. The van der Waals surface area contributed by atoms with Gasteiger partial charge in [-0.15, -0.1) is 0 Å². The second-order valence-electron chi connectivity index (χ2n) is 5.00. The average molecular weight is 308 g/mol. The van der Waals surface area contributed by atoms with E-state index < -0.39 is 5.91 Å². The fraction of sp³-hybridized carbons (Fsp3) is 0.643. The summed E-state index contributed by atoms with van der Waals surface area (Å²) in [6.45, 7) is 6.91. The van der Waals surface area contributed by atoms with E-state index in [9.17, 15) is 9.59 Å². The van der Waals surface area contributed by atoms with Gasteiger partial charge in [0.15, 0.2) is 0 Å². The van der Waals surface area contributed by atoms with Gasteiger partial charge in [-0.3, -0.25) is 14.5 Å². The molecule has 4 N–H and O–H groups in total. The van der Waals surface area contributed by atoms with Crippen LogP contribution in [0.5, 0.6) is 0 Å². The number of nitrogens with two attached hydrogens (primary N) is 1. The fourth-order valence-corrected chi connectivity index (χ4v) is 2.10. The average Bonchev–Trinajstić information content (AvgIpc) is 2.52. The minimum atomic E-state index is -0.471. The number of hydrogen-bond donors (Lipinski definition) is 3. The van der Waals surface area contributed by atoms with Crippen LogP contribution in [0.2, 0.25) is 0 Å². The van der Waals surface area contributed by atoms with Crippen LogP contribution in [0.25, 0.3) is 0 Å². The summed E-state index contributed by atoms with van der Waals surface area (Å²) in [6.07, 6.45) is 1.26. The van der Waals surface area contributed by atoms with Gasteiger partial charge in [-0.05, 0) is 0 Å². The van der Waals surface area contributed by atoms with Gasteiger partial charge in [-0.2, -0.15) is 5.26 Å². The molecule has 22 heavy (non-hydrogen) atoms. The third kappa shape index (κ3) is 6.22. The second-order valence-corrected chi connectivity index (χ2v) is 5.00. The Morgan fingerprint density at radius 3 is 2.68 bits per heavy atom. The molecule has 1 aliphatic heterocycles. The van der Waals surface area contributed by atoms with E-state index in [-0.39, 0.29) is 24.6 Å². The first-order valence-corrected chi connectivity index (χ1v) is 7.39. The standard InChI is InChI=1S/C14H24N6O2/c1-12(21)20(6-2-15)11-13(10-16)14(22)18-5-9-19-7-3-17-4-8-19/h11,17H,2-9,15H2,1H3,(H,18,22)/b13-11-. The summed E-state index contributed by atoms with van der Waals surface area (Å²) in [6, 6.07) is 1.82. The van der Waals surface area contributed by atoms with Crippen LogP contribution < -0.4 is 16.4 Å². The predicted octanol–water partition coefficient (Wildman–Crippen LogP) is -1.78. The number of rotatable bonds is 7. The topological polar surface area (TPSA) is 114 Å². The van der Waals surface area contributed by atoms with Crippen LogP contribution >= 0.6 is 0 Å². The number of nitrogens with one attached hydrogen (secondary N) is 2. The molecule has 0 aromatic carbocycles. The molecule has 0 bridgehead atoms. The first kappa shape index (κ1) is 18.1. The maximum Gasteiger partial charge on any atom is 0.263 e. The zero-order valence-electron chi connectivity index (χ0n) is 13.0. The zero-order valence-corrected chi connectivity index (χ0v) is 13.0. The van der Waals surface area contributed by atoms with Gasteiger partial charge in [-0.25, -0.2) is 0 Å². The van der Waals surface area contributed by atoms with Crippen molar-refractivity contribution in [2.45, 2.75) is 6.92 Å². The van der Waals surface area contributed by atoms with Crippen LogP contribution in [0.1, 0.15) is 6.92 Å². The molecular formula is C14H24N6O2. The van der Waals surface area contributed by atoms with E-state index in [1.165, 1.54) is 18.0 Å². The zero-order chi connectivity index (χ0) is 16.4. The summed E-state index contributed by atoms with van der Waals surface area (Å²) in [4.78, 5) is 26.9. The molecule has 8 nitrogen and oxygen atoms in total. The van der Waals surface area contributed by atoms with E-state index in [1.54, 1.807) is 0 Å². The molecule has 0 atom stereocenters. The first-order valence-electron chi connectivity index (χ1n) is 7.39. The van der Waals surface area contributed by atoms with E-state index in [0.29, 0.717) is 6.54 Å². The van der Waals surface area contributed by atoms with Gasteiger partial charge in [0, 0.05) is 65.5 Å². The lowest BCUT2D eigenvalue weighted by atomic mass is 10.2. The molecule has 0 spiro atoms. The molecule has 1 aliphatic rings. The molecule has 0 aliphatic carbocycles. The van der Waals surface area contributed by atoms with Crippen molar-refractivity contribution < 1.29 is 9.59 Å². The van der Waals surface area contributed by atoms with Crippen molar-refractivity contribution in [1.82, 2.24) is 20.4 Å². The number of carbonyl (C=O) groups excluding carboxylic acids is 2. The van der Waals surface area contributed by atoms with E-state index in [4.69, 9.17) is 11.0 Å². The molecule has 1 rings (SSSR count). The van der Waals surface area contributed by atoms with Crippen molar-refractivity contribution in [3.8, 4) is 6.07 Å². The van der Waals surface area contributed by atoms with Crippen molar-refractivity contribution >= 4 is 11.8 Å². The highest BCUT2D eigenvalue weighted by Crippen LogP contribution is 1.99. The van der Waals surface area contributed by atoms with Gasteiger partial charge in [0.05, 0.1) is 0 Å². The number of hydrogen-bond acceptors (Lipinski definition) is 6. The number of nitriles is 1. The van der Waals surface area contributed by atoms with E-state index in [0.717, 1.165) is 32.7 Å². The fourth-order valence-electron chi connectivity index (χ4n) is 2.10. The Bertz CT molecular complexity index is 451. The first-order chi connectivity index (χ1) is 10.6. The Kier molecular flexibility index (Phi) is 8.14. The van der Waals surface area contributed by atoms with Crippen molar-refractivity contribution in [2.24, 2.45) is 5.73 Å². The van der Waals surface area contributed by atoms with Crippen molar-refractivity contribution in [3.63, 3.8) is 0 Å². The Morgan fingerprint density at radius 1 is 1.45 bits per heavy atom. The summed E-state index contributed by atoms with van der Waals surface area (Å²) >= 11 is 0. The normalized spacial score (nSPS) is 16.0. The van der Waals surface area contributed by atoms with Crippen LogP contribution in [0, 0.1) is 11.3 Å². The molecule has 0 aromatic rings. The highest BCUT2D eigenvalue weighted by Gasteiger charge is 2.14. The second kappa shape index (κ2) is 9.89. The molecule has 0 aromatic heterocycles. The van der Waals surface area contributed by atoms with Crippen molar-refractivity contribution in [3.05, 3.63) is 11.8 Å². The van der Waals surface area contributed by atoms with E-state index in [2.05, 4.69) is 15.5 Å². The Balaban J connectivity index is 2.49. The SMILES string of the molecule is CC(=O)N(/C=C(/C#N)C(=O)NCCN1CCNCC1)CCN. The molecule has 0 radical (unpaired) electrons. The third-order valence-corrected chi connectivity index (χ3v) is 3.35. The van der Waals surface area contributed by atoms with E-state index >= 15 is 0 Å². The monoisotopic (exact) mass is 308 g/mol. The minimum Gasteiger partial charge on any atom is -0.350 e. The van der Waals surface area contributed by atoms with Crippen LogP contribution in [-0.2, 0) is 9.59 Å². The van der Waals surface area contributed by atoms with Crippen LogP contribution in [0.15, 0.2) is 11.8 Å². The van der Waals surface area contributed by atoms with Gasteiger partial charge in [-0.1, -0.05) is 0 Å². The maximum atomic E-state index is 12.0. The Labute approximate surface area is 130 Å². The van der Waals surface area contributed by atoms with Crippen LogP contribution in [0.4, 0.5) is 0 Å². The lowest BCUT2D eigenvalue weighted by Gasteiger charge is -2.27. The molecular weight excluding hydrogens is 284 g/mol. The molecule has 122 valence electrons. The van der Waals surface area contributed by atoms with Gasteiger partial charge >= 0.3 is 0 Å². The smallest absolute Gasteiger partial charge is 0.263 e. The van der Waals surface area contributed by atoms with Crippen molar-refractivity contribution in [2.75, 3.05) is 52.4 Å². The summed E-state index contributed by atoms with van der Waals surface area (Å²) in [5.74, 6) is -0.729. The van der Waals surface area contributed by atoms with Gasteiger partial charge in [0.2, 0.25) is 5.91 Å². The van der Waals surface area contributed by atoms with Crippen molar-refractivity contribution in [1.29, 1.82) is 5.26 Å². The molecule has 0 saturated carbocycles. The quantitative estimate of drug-likeness (QED) is 0.378. The molecule has 1 heterocycles. The molecule has 8 heteroatoms. The number of nitrogens with zero attached hydrogens (tertiary/aromatic N) is 3. The lowest BCUT2D eigenvalue weighted by molar-refractivity contribution is -0.126. The van der Waals surface area contributed by atoms with Gasteiger partial charge in [0.25, 0.3) is 5.91 Å². The van der Waals surface area contributed by atoms with E-state index in [1.807, 2.05) is 6.07 Å². The van der Waals surface area contributed by atoms with Crippen LogP contribution in [-0.4, -0.2) is 74.0 Å². The highest BCUT2D eigenvalue weighted by atomic mass is 16.2. The molecule has 1 fully saturated rings. The molecule has 1 saturated heterocycles. The Morgan fingerprint density at radius 2 is 2.14 bits per heavy atom. The minimum absolute atomic E-state index is 0.0936. The third-order valence-electron chi connectivity index (χ3n) is 3.35. The summed E-state index contributed by atoms with van der Waals surface area (Å²) < 4.78 is 0.